The van der Waals surface area contributed by atoms with Crippen molar-refractivity contribution >= 4 is 16.7 Å². The molecule has 1 aromatic heterocycles. The highest BCUT2D eigenvalue weighted by molar-refractivity contribution is 6.03. The van der Waals surface area contributed by atoms with E-state index in [1.165, 1.54) is 10.9 Å². The fourth-order valence-corrected chi connectivity index (χ4v) is 2.49. The van der Waals surface area contributed by atoms with E-state index in [0.717, 1.165) is 17.6 Å². The summed E-state index contributed by atoms with van der Waals surface area (Å²) in [5, 5.41) is 1.22. The van der Waals surface area contributed by atoms with E-state index < -0.39 is 0 Å². The monoisotopic (exact) mass is 199 g/mol. The topological polar surface area (TPSA) is 32.9 Å². The Labute approximate surface area is 88.3 Å². The van der Waals surface area contributed by atoms with Crippen molar-refractivity contribution in [1.82, 2.24) is 4.98 Å². The molecule has 3 rings (SSSR count). The Bertz CT molecular complexity index is 538. The third-order valence-corrected chi connectivity index (χ3v) is 3.18. The highest BCUT2D eigenvalue weighted by Gasteiger charge is 2.25. The zero-order chi connectivity index (χ0) is 10.4. The molecule has 0 aliphatic heterocycles. The second-order valence-corrected chi connectivity index (χ2v) is 4.46. The molecule has 1 N–H and O–H groups in total. The molecule has 0 radical (unpaired) electrons. The maximum absolute atomic E-state index is 11.8. The lowest BCUT2D eigenvalue weighted by Gasteiger charge is -2.16. The zero-order valence-corrected chi connectivity index (χ0v) is 8.71. The molecule has 0 saturated heterocycles. The zero-order valence-electron chi connectivity index (χ0n) is 8.71. The van der Waals surface area contributed by atoms with Gasteiger partial charge in [-0.15, -0.1) is 0 Å². The molecule has 1 aromatic carbocycles. The van der Waals surface area contributed by atoms with Crippen LogP contribution in [-0.2, 0) is 6.42 Å². The number of carbonyl (C=O) groups is 1. The van der Waals surface area contributed by atoms with Crippen LogP contribution in [0.2, 0.25) is 0 Å². The van der Waals surface area contributed by atoms with Crippen molar-refractivity contribution in [2.24, 2.45) is 5.92 Å². The second kappa shape index (κ2) is 2.96. The summed E-state index contributed by atoms with van der Waals surface area (Å²) in [4.78, 5) is 15.1. The van der Waals surface area contributed by atoms with Gasteiger partial charge in [0, 0.05) is 17.3 Å². The van der Waals surface area contributed by atoms with Crippen LogP contribution < -0.4 is 0 Å². The smallest absolute Gasteiger partial charge is 0.179 e. The first-order chi connectivity index (χ1) is 7.25. The minimum absolute atomic E-state index is 0.264. The molecule has 0 bridgehead atoms. The average molecular weight is 199 g/mol. The maximum Gasteiger partial charge on any atom is 0.179 e. The first-order valence-electron chi connectivity index (χ1n) is 5.38. The molecule has 2 aromatic rings. The van der Waals surface area contributed by atoms with Gasteiger partial charge in [-0.2, -0.15) is 0 Å². The fraction of sp³-hybridized carbons (Fsp3) is 0.308. The largest absolute Gasteiger partial charge is 0.352 e. The van der Waals surface area contributed by atoms with Crippen LogP contribution in [0, 0.1) is 5.92 Å². The first-order valence-corrected chi connectivity index (χ1v) is 5.38. The summed E-state index contributed by atoms with van der Waals surface area (Å²) in [6.07, 6.45) is 1.70. The van der Waals surface area contributed by atoms with Crippen LogP contribution >= 0.6 is 0 Å². The number of aromatic nitrogens is 1. The molecular formula is C13H13NO. The number of carbonyl (C=O) groups excluding carboxylic acids is 1. The van der Waals surface area contributed by atoms with Crippen LogP contribution in [0.3, 0.4) is 0 Å². The molecule has 1 atom stereocenters. The summed E-state index contributed by atoms with van der Waals surface area (Å²) in [6, 6.07) is 8.15. The molecule has 2 heteroatoms. The standard InChI is InChI=1S/C13H13NO/c1-8-6-10-9-4-2-3-5-11(9)14-13(10)12(15)7-8/h2-5,8,14H,6-7H2,1H3/t8-/m1/s1. The van der Waals surface area contributed by atoms with Crippen LogP contribution in [0.1, 0.15) is 29.4 Å². The van der Waals surface area contributed by atoms with E-state index >= 15 is 0 Å². The van der Waals surface area contributed by atoms with Crippen molar-refractivity contribution in [2.45, 2.75) is 19.8 Å². The first kappa shape index (κ1) is 8.72. The lowest BCUT2D eigenvalue weighted by Crippen LogP contribution is -2.17. The minimum atomic E-state index is 0.264. The molecular weight excluding hydrogens is 186 g/mol. The third kappa shape index (κ3) is 1.21. The molecule has 0 fully saturated rings. The predicted molar refractivity (Wildman–Crippen MR) is 60.1 cm³/mol. The molecule has 15 heavy (non-hydrogen) atoms. The van der Waals surface area contributed by atoms with Crippen LogP contribution in [0.25, 0.3) is 10.9 Å². The van der Waals surface area contributed by atoms with Crippen LogP contribution in [-0.4, -0.2) is 10.8 Å². The highest BCUT2D eigenvalue weighted by Crippen LogP contribution is 2.31. The van der Waals surface area contributed by atoms with E-state index in [2.05, 4.69) is 18.0 Å². The molecule has 0 amide bonds. The number of nitrogens with one attached hydrogen (secondary N) is 1. The normalized spacial score (nSPS) is 20.6. The van der Waals surface area contributed by atoms with Crippen molar-refractivity contribution < 1.29 is 4.79 Å². The van der Waals surface area contributed by atoms with Gasteiger partial charge in [0.2, 0.25) is 0 Å². The lowest BCUT2D eigenvalue weighted by atomic mass is 9.87. The molecule has 1 aliphatic rings. The molecule has 0 spiro atoms. The van der Waals surface area contributed by atoms with Gasteiger partial charge in [-0.1, -0.05) is 25.1 Å². The Morgan fingerprint density at radius 2 is 2.07 bits per heavy atom. The number of Topliss-reactive ketones (excluding diaryl/α,β-unsaturated/α-hetero) is 1. The SMILES string of the molecule is C[C@H]1CC(=O)c2[nH]c3ccccc3c2C1. The number of para-hydroxylation sites is 1. The summed E-state index contributed by atoms with van der Waals surface area (Å²) < 4.78 is 0. The van der Waals surface area contributed by atoms with E-state index in [-0.39, 0.29) is 5.78 Å². The van der Waals surface area contributed by atoms with Crippen molar-refractivity contribution in [3.05, 3.63) is 35.5 Å². The molecule has 1 aliphatic carbocycles. The number of fused-ring (bicyclic) bond motifs is 3. The molecule has 0 saturated carbocycles. The number of aromatic amines is 1. The third-order valence-electron chi connectivity index (χ3n) is 3.18. The van der Waals surface area contributed by atoms with Gasteiger partial charge in [0.15, 0.2) is 5.78 Å². The van der Waals surface area contributed by atoms with Gasteiger partial charge in [-0.25, -0.2) is 0 Å². The van der Waals surface area contributed by atoms with E-state index in [1.807, 2.05) is 18.2 Å². The highest BCUT2D eigenvalue weighted by atomic mass is 16.1. The van der Waals surface area contributed by atoms with Gasteiger partial charge in [0.05, 0.1) is 5.69 Å². The molecule has 2 nitrogen and oxygen atoms in total. The second-order valence-electron chi connectivity index (χ2n) is 4.46. The van der Waals surface area contributed by atoms with Crippen LogP contribution in [0.15, 0.2) is 24.3 Å². The van der Waals surface area contributed by atoms with Gasteiger partial charge in [0.25, 0.3) is 0 Å². The van der Waals surface area contributed by atoms with E-state index in [4.69, 9.17) is 0 Å². The van der Waals surface area contributed by atoms with E-state index in [1.54, 1.807) is 0 Å². The average Bonchev–Trinajstić information content (AvgIpc) is 2.57. The molecule has 76 valence electrons. The predicted octanol–water partition coefficient (Wildman–Crippen LogP) is 2.93. The van der Waals surface area contributed by atoms with Crippen molar-refractivity contribution in [3.8, 4) is 0 Å². The number of hydrogen-bond acceptors (Lipinski definition) is 1. The van der Waals surface area contributed by atoms with Crippen molar-refractivity contribution in [3.63, 3.8) is 0 Å². The van der Waals surface area contributed by atoms with Crippen LogP contribution in [0.5, 0.6) is 0 Å². The number of ketones is 1. The quantitative estimate of drug-likeness (QED) is 0.695. The lowest BCUT2D eigenvalue weighted by molar-refractivity contribution is 0.0949. The summed E-state index contributed by atoms with van der Waals surface area (Å²) in [5.41, 5.74) is 3.15. The number of hydrogen-bond donors (Lipinski definition) is 1. The fourth-order valence-electron chi connectivity index (χ4n) is 2.49. The Morgan fingerprint density at radius 3 is 2.93 bits per heavy atom. The molecule has 0 unspecified atom stereocenters. The van der Waals surface area contributed by atoms with Gasteiger partial charge in [-0.05, 0) is 24.0 Å². The Kier molecular flexibility index (Phi) is 1.72. The summed E-state index contributed by atoms with van der Waals surface area (Å²) in [5.74, 6) is 0.740. The Hall–Kier alpha value is -1.57. The number of benzene rings is 1. The van der Waals surface area contributed by atoms with Gasteiger partial charge < -0.3 is 4.98 Å². The van der Waals surface area contributed by atoms with E-state index in [0.29, 0.717) is 12.3 Å². The maximum atomic E-state index is 11.8. The minimum Gasteiger partial charge on any atom is -0.352 e. The van der Waals surface area contributed by atoms with Gasteiger partial charge >= 0.3 is 0 Å². The summed E-state index contributed by atoms with van der Waals surface area (Å²) in [7, 11) is 0. The van der Waals surface area contributed by atoms with Gasteiger partial charge in [-0.3, -0.25) is 4.79 Å². The Balaban J connectivity index is 2.32. The molecule has 1 heterocycles. The number of H-pyrrole nitrogens is 1. The summed E-state index contributed by atoms with van der Waals surface area (Å²) in [6.45, 7) is 2.14. The van der Waals surface area contributed by atoms with Crippen molar-refractivity contribution in [2.75, 3.05) is 0 Å². The van der Waals surface area contributed by atoms with Crippen LogP contribution in [0.4, 0.5) is 0 Å². The summed E-state index contributed by atoms with van der Waals surface area (Å²) >= 11 is 0. The Morgan fingerprint density at radius 1 is 1.27 bits per heavy atom. The van der Waals surface area contributed by atoms with E-state index in [9.17, 15) is 4.79 Å². The van der Waals surface area contributed by atoms with Gasteiger partial charge in [0.1, 0.15) is 0 Å². The number of rotatable bonds is 0. The van der Waals surface area contributed by atoms with Crippen molar-refractivity contribution in [1.29, 1.82) is 0 Å².